The number of anilines is 1. The summed E-state index contributed by atoms with van der Waals surface area (Å²) in [5.41, 5.74) is 8.39. The average molecular weight is 325 g/mol. The number of halogens is 3. The molecule has 0 aliphatic heterocycles. The number of benzene rings is 1. The molecule has 3 N–H and O–H groups in total. The van der Waals surface area contributed by atoms with Gasteiger partial charge in [-0.2, -0.15) is 0 Å². The van der Waals surface area contributed by atoms with E-state index < -0.39 is 12.1 Å². The van der Waals surface area contributed by atoms with Gasteiger partial charge in [0.25, 0.3) is 0 Å². The fraction of sp³-hybridized carbons (Fsp3) is 0.333. The van der Waals surface area contributed by atoms with Gasteiger partial charge in [-0.25, -0.2) is 0 Å². The van der Waals surface area contributed by atoms with Crippen LogP contribution in [0.5, 0.6) is 11.5 Å². The number of rotatable bonds is 2. The summed E-state index contributed by atoms with van der Waals surface area (Å²) in [6.45, 7) is 0. The van der Waals surface area contributed by atoms with Gasteiger partial charge in [0, 0.05) is 17.2 Å². The molecule has 23 heavy (non-hydrogen) atoms. The lowest BCUT2D eigenvalue weighted by atomic mass is 9.89. The van der Waals surface area contributed by atoms with Crippen LogP contribution >= 0.6 is 0 Å². The van der Waals surface area contributed by atoms with Gasteiger partial charge < -0.3 is 15.6 Å². The van der Waals surface area contributed by atoms with E-state index in [1.54, 1.807) is 0 Å². The molecular formula is C15H14F3N3O2. The molecule has 1 aromatic carbocycles. The maximum absolute atomic E-state index is 12.2. The van der Waals surface area contributed by atoms with Crippen LogP contribution in [0.1, 0.15) is 24.0 Å². The number of nitrogens with two attached hydrogens (primary N) is 1. The van der Waals surface area contributed by atoms with Crippen LogP contribution in [0.3, 0.4) is 0 Å². The minimum absolute atomic E-state index is 0.310. The zero-order chi connectivity index (χ0) is 16.6. The topological polar surface area (TPSA) is 81.3 Å². The number of aromatic hydroxyl groups is 1. The summed E-state index contributed by atoms with van der Waals surface area (Å²) in [5, 5.41) is 18.0. The summed E-state index contributed by atoms with van der Waals surface area (Å²) in [6.07, 6.45) is -1.34. The first-order valence-corrected chi connectivity index (χ1v) is 7.08. The Kier molecular flexibility index (Phi) is 3.75. The Bertz CT molecular complexity index is 747. The van der Waals surface area contributed by atoms with Gasteiger partial charge in [-0.05, 0) is 43.4 Å². The van der Waals surface area contributed by atoms with E-state index in [-0.39, 0.29) is 5.75 Å². The van der Waals surface area contributed by atoms with Crippen molar-refractivity contribution in [1.29, 1.82) is 0 Å². The highest BCUT2D eigenvalue weighted by Gasteiger charge is 2.31. The molecule has 8 heteroatoms. The molecule has 0 unspecified atom stereocenters. The predicted octanol–water partition coefficient (Wildman–Crippen LogP) is 3.21. The van der Waals surface area contributed by atoms with Gasteiger partial charge in [-0.15, -0.1) is 23.4 Å². The molecule has 1 aliphatic rings. The largest absolute Gasteiger partial charge is 0.573 e. The van der Waals surface area contributed by atoms with Crippen molar-refractivity contribution < 1.29 is 23.0 Å². The third kappa shape index (κ3) is 3.15. The van der Waals surface area contributed by atoms with Crippen LogP contribution in [-0.2, 0) is 12.8 Å². The number of ether oxygens (including phenoxy) is 1. The number of phenols is 1. The SMILES string of the molecule is Nc1nnc(-c2ccc(OC(F)(F)F)cc2O)c2c1CCCC2. The zero-order valence-electron chi connectivity index (χ0n) is 12.0. The maximum Gasteiger partial charge on any atom is 0.573 e. The Labute approximate surface area is 129 Å². The monoisotopic (exact) mass is 325 g/mol. The quantitative estimate of drug-likeness (QED) is 0.886. The van der Waals surface area contributed by atoms with E-state index >= 15 is 0 Å². The molecule has 122 valence electrons. The van der Waals surface area contributed by atoms with Gasteiger partial charge in [0.05, 0.1) is 0 Å². The maximum atomic E-state index is 12.2. The number of nitrogens with zero attached hydrogens (tertiary/aromatic N) is 2. The van der Waals surface area contributed by atoms with Crippen molar-refractivity contribution in [2.75, 3.05) is 5.73 Å². The molecule has 0 bridgehead atoms. The lowest BCUT2D eigenvalue weighted by molar-refractivity contribution is -0.274. The summed E-state index contributed by atoms with van der Waals surface area (Å²) in [4.78, 5) is 0. The molecule has 0 saturated carbocycles. The Morgan fingerprint density at radius 2 is 1.78 bits per heavy atom. The number of fused-ring (bicyclic) bond motifs is 1. The molecule has 0 amide bonds. The van der Waals surface area contributed by atoms with E-state index in [0.29, 0.717) is 17.1 Å². The van der Waals surface area contributed by atoms with Crippen LogP contribution in [0.2, 0.25) is 0 Å². The first-order valence-electron chi connectivity index (χ1n) is 7.08. The third-order valence-electron chi connectivity index (χ3n) is 3.78. The van der Waals surface area contributed by atoms with Crippen LogP contribution in [0.15, 0.2) is 18.2 Å². The molecule has 1 heterocycles. The lowest BCUT2D eigenvalue weighted by Gasteiger charge is -2.20. The number of hydrogen-bond acceptors (Lipinski definition) is 5. The van der Waals surface area contributed by atoms with Crippen LogP contribution in [-0.4, -0.2) is 21.7 Å². The molecule has 0 fully saturated rings. The Balaban J connectivity index is 2.03. The molecule has 5 nitrogen and oxygen atoms in total. The van der Waals surface area contributed by atoms with E-state index in [9.17, 15) is 18.3 Å². The van der Waals surface area contributed by atoms with E-state index in [2.05, 4.69) is 14.9 Å². The molecule has 0 atom stereocenters. The van der Waals surface area contributed by atoms with Gasteiger partial charge >= 0.3 is 6.36 Å². The molecular weight excluding hydrogens is 311 g/mol. The summed E-state index contributed by atoms with van der Waals surface area (Å²) >= 11 is 0. The van der Waals surface area contributed by atoms with E-state index in [1.165, 1.54) is 6.07 Å². The summed E-state index contributed by atoms with van der Waals surface area (Å²) in [5.74, 6) is -0.477. The van der Waals surface area contributed by atoms with Gasteiger partial charge in [0.2, 0.25) is 0 Å². The molecule has 0 saturated heterocycles. The number of phenolic OH excluding ortho intramolecular Hbond substituents is 1. The average Bonchev–Trinajstić information content (AvgIpc) is 2.47. The van der Waals surface area contributed by atoms with Gasteiger partial charge in [-0.1, -0.05) is 0 Å². The summed E-state index contributed by atoms with van der Waals surface area (Å²) in [6, 6.07) is 3.39. The van der Waals surface area contributed by atoms with Crippen LogP contribution in [0.4, 0.5) is 19.0 Å². The number of alkyl halides is 3. The minimum atomic E-state index is -4.81. The second-order valence-electron chi connectivity index (χ2n) is 5.32. The lowest BCUT2D eigenvalue weighted by Crippen LogP contribution is -2.17. The van der Waals surface area contributed by atoms with Crippen molar-refractivity contribution in [3.05, 3.63) is 29.3 Å². The van der Waals surface area contributed by atoms with Crippen LogP contribution in [0.25, 0.3) is 11.3 Å². The van der Waals surface area contributed by atoms with Gasteiger partial charge in [0.15, 0.2) is 0 Å². The molecule has 2 aromatic rings. The summed E-state index contributed by atoms with van der Waals surface area (Å²) < 4.78 is 40.5. The van der Waals surface area contributed by atoms with Crippen molar-refractivity contribution in [2.24, 2.45) is 0 Å². The number of aromatic nitrogens is 2. The molecule has 3 rings (SSSR count). The molecule has 0 spiro atoms. The highest BCUT2D eigenvalue weighted by Crippen LogP contribution is 2.38. The second-order valence-corrected chi connectivity index (χ2v) is 5.32. The smallest absolute Gasteiger partial charge is 0.507 e. The number of hydrogen-bond donors (Lipinski definition) is 2. The van der Waals surface area contributed by atoms with E-state index in [1.807, 2.05) is 0 Å². The fourth-order valence-corrected chi connectivity index (χ4v) is 2.80. The van der Waals surface area contributed by atoms with Crippen LogP contribution < -0.4 is 10.5 Å². The standard InChI is InChI=1S/C15H14F3N3O2/c16-15(17,18)23-8-5-6-11(12(22)7-8)13-9-3-1-2-4-10(9)14(19)21-20-13/h5-7,22H,1-4H2,(H2,19,21). The van der Waals surface area contributed by atoms with Crippen molar-refractivity contribution >= 4 is 5.82 Å². The molecule has 1 aliphatic carbocycles. The minimum Gasteiger partial charge on any atom is -0.507 e. The van der Waals surface area contributed by atoms with Crippen molar-refractivity contribution in [1.82, 2.24) is 10.2 Å². The van der Waals surface area contributed by atoms with E-state index in [0.717, 1.165) is 48.9 Å². The highest BCUT2D eigenvalue weighted by molar-refractivity contribution is 5.73. The first-order chi connectivity index (χ1) is 10.8. The third-order valence-corrected chi connectivity index (χ3v) is 3.78. The Morgan fingerprint density at radius 1 is 1.09 bits per heavy atom. The predicted molar refractivity (Wildman–Crippen MR) is 76.9 cm³/mol. The summed E-state index contributed by atoms with van der Waals surface area (Å²) in [7, 11) is 0. The van der Waals surface area contributed by atoms with Crippen LogP contribution in [0, 0.1) is 0 Å². The van der Waals surface area contributed by atoms with Gasteiger partial charge in [0.1, 0.15) is 23.0 Å². The van der Waals surface area contributed by atoms with Crippen molar-refractivity contribution in [3.63, 3.8) is 0 Å². The highest BCUT2D eigenvalue weighted by atomic mass is 19.4. The molecule has 1 aromatic heterocycles. The Morgan fingerprint density at radius 3 is 2.43 bits per heavy atom. The van der Waals surface area contributed by atoms with Crippen molar-refractivity contribution in [2.45, 2.75) is 32.0 Å². The fourth-order valence-electron chi connectivity index (χ4n) is 2.80. The van der Waals surface area contributed by atoms with Gasteiger partial charge in [-0.3, -0.25) is 0 Å². The Hall–Kier alpha value is -2.51. The second kappa shape index (κ2) is 5.60. The van der Waals surface area contributed by atoms with Crippen molar-refractivity contribution in [3.8, 4) is 22.8 Å². The number of nitrogen functional groups attached to an aromatic ring is 1. The first kappa shape index (κ1) is 15.4. The normalized spacial score (nSPS) is 14.4. The molecule has 0 radical (unpaired) electrons. The zero-order valence-corrected chi connectivity index (χ0v) is 12.0. The van der Waals surface area contributed by atoms with E-state index in [4.69, 9.17) is 5.73 Å².